The quantitative estimate of drug-likeness (QED) is 0.700. The highest BCUT2D eigenvalue weighted by Gasteiger charge is 2.13. The molecule has 1 rings (SSSR count). The SMILES string of the molecule is CCSCCC(NCc1cccs1)C(N)=O. The summed E-state index contributed by atoms with van der Waals surface area (Å²) in [5.74, 6) is 1.80. The summed E-state index contributed by atoms with van der Waals surface area (Å²) in [6.07, 6.45) is 0.805. The lowest BCUT2D eigenvalue weighted by molar-refractivity contribution is -0.120. The van der Waals surface area contributed by atoms with Gasteiger partial charge in [-0.15, -0.1) is 11.3 Å². The van der Waals surface area contributed by atoms with Crippen molar-refractivity contribution in [2.45, 2.75) is 25.9 Å². The Labute approximate surface area is 105 Å². The zero-order valence-electron chi connectivity index (χ0n) is 9.44. The molecule has 1 unspecified atom stereocenters. The summed E-state index contributed by atoms with van der Waals surface area (Å²) >= 11 is 3.52. The second-order valence-corrected chi connectivity index (χ2v) is 5.83. The largest absolute Gasteiger partial charge is 0.368 e. The molecule has 0 aliphatic rings. The van der Waals surface area contributed by atoms with Gasteiger partial charge in [-0.2, -0.15) is 11.8 Å². The van der Waals surface area contributed by atoms with E-state index in [1.165, 1.54) is 4.88 Å². The van der Waals surface area contributed by atoms with Gasteiger partial charge in [-0.05, 0) is 29.4 Å². The van der Waals surface area contributed by atoms with Crippen LogP contribution in [-0.2, 0) is 11.3 Å². The summed E-state index contributed by atoms with van der Waals surface area (Å²) in [7, 11) is 0. The molecule has 0 radical (unpaired) electrons. The molecule has 0 saturated heterocycles. The first kappa shape index (κ1) is 13.5. The Balaban J connectivity index is 2.30. The van der Waals surface area contributed by atoms with Gasteiger partial charge in [0.1, 0.15) is 0 Å². The first-order valence-corrected chi connectivity index (χ1v) is 7.40. The van der Waals surface area contributed by atoms with Crippen LogP contribution >= 0.6 is 23.1 Å². The molecule has 1 aromatic heterocycles. The summed E-state index contributed by atoms with van der Waals surface area (Å²) in [5.41, 5.74) is 5.35. The Kier molecular flexibility index (Phi) is 6.52. The second kappa shape index (κ2) is 7.70. The van der Waals surface area contributed by atoms with E-state index in [1.807, 2.05) is 23.2 Å². The third-order valence-electron chi connectivity index (χ3n) is 2.20. The molecule has 1 aromatic rings. The maximum atomic E-state index is 11.2. The van der Waals surface area contributed by atoms with E-state index < -0.39 is 0 Å². The van der Waals surface area contributed by atoms with Gasteiger partial charge in [0.25, 0.3) is 0 Å². The molecule has 1 amide bonds. The van der Waals surface area contributed by atoms with Crippen molar-refractivity contribution in [3.63, 3.8) is 0 Å². The molecule has 0 aliphatic carbocycles. The number of hydrogen-bond donors (Lipinski definition) is 2. The molecule has 0 saturated carbocycles. The van der Waals surface area contributed by atoms with Crippen LogP contribution in [0.15, 0.2) is 17.5 Å². The zero-order valence-corrected chi connectivity index (χ0v) is 11.1. The van der Waals surface area contributed by atoms with E-state index in [1.54, 1.807) is 11.3 Å². The van der Waals surface area contributed by atoms with E-state index >= 15 is 0 Å². The number of thiophene rings is 1. The van der Waals surface area contributed by atoms with E-state index in [0.717, 1.165) is 24.5 Å². The number of hydrogen-bond acceptors (Lipinski definition) is 4. The Morgan fingerprint density at radius 1 is 1.69 bits per heavy atom. The van der Waals surface area contributed by atoms with Crippen molar-refractivity contribution in [2.24, 2.45) is 5.73 Å². The fraction of sp³-hybridized carbons (Fsp3) is 0.545. The Morgan fingerprint density at radius 3 is 3.06 bits per heavy atom. The van der Waals surface area contributed by atoms with Crippen molar-refractivity contribution in [3.8, 4) is 0 Å². The van der Waals surface area contributed by atoms with E-state index in [2.05, 4.69) is 18.3 Å². The van der Waals surface area contributed by atoms with E-state index in [0.29, 0.717) is 0 Å². The molecule has 0 bridgehead atoms. The summed E-state index contributed by atoms with van der Waals surface area (Å²) in [4.78, 5) is 12.4. The smallest absolute Gasteiger partial charge is 0.234 e. The monoisotopic (exact) mass is 258 g/mol. The van der Waals surface area contributed by atoms with E-state index in [4.69, 9.17) is 5.73 Å². The van der Waals surface area contributed by atoms with Gasteiger partial charge < -0.3 is 11.1 Å². The first-order chi connectivity index (χ1) is 7.74. The summed E-state index contributed by atoms with van der Waals surface area (Å²) in [6.45, 7) is 2.84. The number of nitrogens with one attached hydrogen (secondary N) is 1. The fourth-order valence-electron chi connectivity index (χ4n) is 1.33. The standard InChI is InChI=1S/C11H18N2OS2/c1-2-15-7-5-10(11(12)14)13-8-9-4-3-6-16-9/h3-4,6,10,13H,2,5,7-8H2,1H3,(H2,12,14). The van der Waals surface area contributed by atoms with Crippen LogP contribution in [-0.4, -0.2) is 23.5 Å². The van der Waals surface area contributed by atoms with Crippen LogP contribution in [0.3, 0.4) is 0 Å². The predicted octanol–water partition coefficient (Wildman–Crippen LogP) is 1.83. The highest BCUT2D eigenvalue weighted by atomic mass is 32.2. The van der Waals surface area contributed by atoms with Crippen molar-refractivity contribution in [1.82, 2.24) is 5.32 Å². The van der Waals surface area contributed by atoms with Gasteiger partial charge in [0.15, 0.2) is 0 Å². The minimum absolute atomic E-state index is 0.207. The van der Waals surface area contributed by atoms with Gasteiger partial charge in [-0.1, -0.05) is 13.0 Å². The molecule has 0 spiro atoms. The molecule has 3 N–H and O–H groups in total. The van der Waals surface area contributed by atoms with Crippen molar-refractivity contribution in [1.29, 1.82) is 0 Å². The molecule has 1 heterocycles. The van der Waals surface area contributed by atoms with Crippen LogP contribution in [0.4, 0.5) is 0 Å². The van der Waals surface area contributed by atoms with Crippen molar-refractivity contribution >= 4 is 29.0 Å². The van der Waals surface area contributed by atoms with Crippen LogP contribution in [0.2, 0.25) is 0 Å². The van der Waals surface area contributed by atoms with Gasteiger partial charge in [-0.3, -0.25) is 4.79 Å². The number of carbonyl (C=O) groups excluding carboxylic acids is 1. The van der Waals surface area contributed by atoms with Crippen LogP contribution in [0.25, 0.3) is 0 Å². The maximum absolute atomic E-state index is 11.2. The van der Waals surface area contributed by atoms with Crippen LogP contribution < -0.4 is 11.1 Å². The summed E-state index contributed by atoms with van der Waals surface area (Å²) in [6, 6.07) is 3.85. The van der Waals surface area contributed by atoms with Crippen LogP contribution in [0, 0.1) is 0 Å². The average molecular weight is 258 g/mol. The van der Waals surface area contributed by atoms with Crippen molar-refractivity contribution < 1.29 is 4.79 Å². The highest BCUT2D eigenvalue weighted by Crippen LogP contribution is 2.09. The van der Waals surface area contributed by atoms with Gasteiger partial charge in [0.2, 0.25) is 5.91 Å². The average Bonchev–Trinajstić information content (AvgIpc) is 2.75. The summed E-state index contributed by atoms with van der Waals surface area (Å²) < 4.78 is 0. The normalized spacial score (nSPS) is 12.6. The van der Waals surface area contributed by atoms with Crippen molar-refractivity contribution in [2.75, 3.05) is 11.5 Å². The zero-order chi connectivity index (χ0) is 11.8. The van der Waals surface area contributed by atoms with E-state index in [-0.39, 0.29) is 11.9 Å². The third-order valence-corrected chi connectivity index (χ3v) is 4.01. The topological polar surface area (TPSA) is 55.1 Å². The maximum Gasteiger partial charge on any atom is 0.234 e. The Morgan fingerprint density at radius 2 is 2.50 bits per heavy atom. The lowest BCUT2D eigenvalue weighted by Gasteiger charge is -2.14. The number of thioether (sulfide) groups is 1. The molecule has 3 nitrogen and oxygen atoms in total. The molecule has 5 heteroatoms. The minimum Gasteiger partial charge on any atom is -0.368 e. The molecule has 0 fully saturated rings. The third kappa shape index (κ3) is 5.01. The molecular weight excluding hydrogens is 240 g/mol. The van der Waals surface area contributed by atoms with Crippen LogP contribution in [0.5, 0.6) is 0 Å². The lowest BCUT2D eigenvalue weighted by Crippen LogP contribution is -2.41. The van der Waals surface area contributed by atoms with Crippen LogP contribution in [0.1, 0.15) is 18.2 Å². The molecule has 0 aromatic carbocycles. The second-order valence-electron chi connectivity index (χ2n) is 3.40. The number of primary amides is 1. The number of rotatable bonds is 8. The number of amides is 1. The molecule has 1 atom stereocenters. The minimum atomic E-state index is -0.256. The summed E-state index contributed by atoms with van der Waals surface area (Å²) in [5, 5.41) is 5.23. The van der Waals surface area contributed by atoms with E-state index in [9.17, 15) is 4.79 Å². The number of nitrogens with two attached hydrogens (primary N) is 1. The number of carbonyl (C=O) groups is 1. The highest BCUT2D eigenvalue weighted by molar-refractivity contribution is 7.99. The molecule has 0 aliphatic heterocycles. The molecule has 16 heavy (non-hydrogen) atoms. The van der Waals surface area contributed by atoms with Gasteiger partial charge in [-0.25, -0.2) is 0 Å². The Hall–Kier alpha value is -0.520. The Bertz CT molecular complexity index is 301. The molecular formula is C11H18N2OS2. The first-order valence-electron chi connectivity index (χ1n) is 5.37. The van der Waals surface area contributed by atoms with Crippen molar-refractivity contribution in [3.05, 3.63) is 22.4 Å². The fourth-order valence-corrected chi connectivity index (χ4v) is 2.67. The molecule has 90 valence electrons. The lowest BCUT2D eigenvalue weighted by atomic mass is 10.2. The predicted molar refractivity (Wildman–Crippen MR) is 71.8 cm³/mol. The van der Waals surface area contributed by atoms with Gasteiger partial charge in [0.05, 0.1) is 6.04 Å². The van der Waals surface area contributed by atoms with Gasteiger partial charge in [0, 0.05) is 11.4 Å². The van der Waals surface area contributed by atoms with Gasteiger partial charge >= 0.3 is 0 Å².